The second kappa shape index (κ2) is 37.6. The van der Waals surface area contributed by atoms with Crippen LogP contribution >= 0.6 is 15.9 Å². The first-order valence-corrected chi connectivity index (χ1v) is 33.2. The molecule has 2 N–H and O–H groups in total. The van der Waals surface area contributed by atoms with Crippen LogP contribution in [0.2, 0.25) is 0 Å². The number of nitrogens with zero attached hydrogens (tertiary/aromatic N) is 1. The van der Waals surface area contributed by atoms with E-state index in [0.29, 0.717) is 82.5 Å². The van der Waals surface area contributed by atoms with Gasteiger partial charge in [0.05, 0.1) is 76.1 Å². The Morgan fingerprint density at radius 3 is 1.05 bits per heavy atom. The summed E-state index contributed by atoms with van der Waals surface area (Å²) in [4.78, 5) is 5.88. The SMILES string of the molecule is COc1cc(F)c(/C=C/Br)cc1OC.COc1cc(F)c(/C=C/C2NCCc3cc(OCc4ccccc4)c(OC)cc32)cc1OC.COc1cc(F)c(/C=C/C2NCCc3cc(OCc4ccccc4)c(OC)cc32)cc1OC.COc1cc2c(cc1OCc1ccccc1)CCN=C2. The van der Waals surface area contributed by atoms with Crippen molar-refractivity contribution in [2.24, 2.45) is 4.99 Å². The smallest absolute Gasteiger partial charge is 0.163 e. The van der Waals surface area contributed by atoms with Gasteiger partial charge in [0, 0.05) is 60.7 Å². The molecule has 0 saturated carbocycles. The quantitative estimate of drug-likeness (QED) is 0.0626. The maximum Gasteiger partial charge on any atom is 0.163 e. The lowest BCUT2D eigenvalue weighted by molar-refractivity contribution is 0.283. The second-order valence-corrected chi connectivity index (χ2v) is 23.3. The number of aliphatic imine (C=N–C) groups is 1. The highest BCUT2D eigenvalue weighted by molar-refractivity contribution is 9.11. The maximum atomic E-state index is 14.6. The molecule has 19 heteroatoms. The molecular weight excluding hydrogens is 1340 g/mol. The lowest BCUT2D eigenvalue weighted by atomic mass is 9.93. The highest BCUT2D eigenvalue weighted by atomic mass is 79.9. The van der Waals surface area contributed by atoms with Crippen molar-refractivity contribution >= 4 is 40.4 Å². The van der Waals surface area contributed by atoms with Gasteiger partial charge in [0.25, 0.3) is 0 Å². The fraction of sp³-hybridized carbons (Fsp3) is 0.247. The Morgan fingerprint density at radius 1 is 0.380 bits per heavy atom. The van der Waals surface area contributed by atoms with Crippen LogP contribution in [0, 0.1) is 17.5 Å². The van der Waals surface area contributed by atoms with E-state index in [1.807, 2.05) is 115 Å². The van der Waals surface area contributed by atoms with Gasteiger partial charge < -0.3 is 67.5 Å². The zero-order chi connectivity index (χ0) is 70.8. The van der Waals surface area contributed by atoms with E-state index < -0.39 is 0 Å². The fourth-order valence-electron chi connectivity index (χ4n) is 11.3. The zero-order valence-electron chi connectivity index (χ0n) is 57.5. The first-order chi connectivity index (χ1) is 48.8. The molecular formula is C81H83BrF3N3O12. The standard InChI is InChI=1S/2C27H28FNO4.C17H17NO2.C10H10BrFO2/c2*1-30-24-14-20(22(28)16-26(24)32-3)9-10-23-21-15-25(31-2)27(13-19(21)11-12-29-23)33-17-18-7-5-4-6-8-18;1-19-16-10-15-11-18-8-7-14(15)9-17(16)20-12-13-5-3-2-4-6-13;1-13-9-5-7(3-4-11)8(12)6-10(9)14-2/h2*4-10,13-16,23,29H,11-12,17H2,1-3H3;2-6,9-11H,7-8,12H2,1H3;3-6H,1-2H3/b2*10-9+;;4-3+. The van der Waals surface area contributed by atoms with Gasteiger partial charge in [-0.05, 0) is 135 Å². The van der Waals surface area contributed by atoms with Crippen LogP contribution in [0.4, 0.5) is 13.2 Å². The molecule has 15 nitrogen and oxygen atoms in total. The largest absolute Gasteiger partial charge is 0.493 e. The van der Waals surface area contributed by atoms with Gasteiger partial charge in [0.2, 0.25) is 0 Å². The minimum Gasteiger partial charge on any atom is -0.493 e. The van der Waals surface area contributed by atoms with Gasteiger partial charge in [-0.1, -0.05) is 131 Å². The highest BCUT2D eigenvalue weighted by Crippen LogP contribution is 2.40. The third-order valence-corrected chi connectivity index (χ3v) is 16.9. The molecule has 2 unspecified atom stereocenters. The number of nitrogens with one attached hydrogen (secondary N) is 2. The molecule has 522 valence electrons. The van der Waals surface area contributed by atoms with Crippen molar-refractivity contribution in [3.05, 3.63) is 265 Å². The number of methoxy groups -OCH3 is 9. The Balaban J connectivity index is 0.000000163. The lowest BCUT2D eigenvalue weighted by Gasteiger charge is -2.26. The number of hydrogen-bond donors (Lipinski definition) is 2. The van der Waals surface area contributed by atoms with Crippen LogP contribution in [-0.2, 0) is 39.1 Å². The number of benzene rings is 9. The van der Waals surface area contributed by atoms with Gasteiger partial charge in [0.15, 0.2) is 69.0 Å². The number of hydrogen-bond acceptors (Lipinski definition) is 15. The molecule has 9 aromatic carbocycles. The Hall–Kier alpha value is -10.3. The first-order valence-electron chi connectivity index (χ1n) is 32.3. The van der Waals surface area contributed by atoms with Crippen molar-refractivity contribution in [1.29, 1.82) is 0 Å². The van der Waals surface area contributed by atoms with Gasteiger partial charge in [-0.3, -0.25) is 4.99 Å². The van der Waals surface area contributed by atoms with E-state index in [0.717, 1.165) is 95.3 Å². The Morgan fingerprint density at radius 2 is 0.700 bits per heavy atom. The summed E-state index contributed by atoms with van der Waals surface area (Å²) in [6.45, 7) is 3.94. The normalized spacial score (nSPS) is 14.1. The van der Waals surface area contributed by atoms with Gasteiger partial charge in [-0.25, -0.2) is 13.2 Å². The second-order valence-electron chi connectivity index (χ2n) is 22.8. The van der Waals surface area contributed by atoms with Crippen LogP contribution in [0.25, 0.3) is 18.2 Å². The van der Waals surface area contributed by atoms with E-state index in [1.165, 1.54) is 77.5 Å². The van der Waals surface area contributed by atoms with E-state index in [4.69, 9.17) is 56.8 Å². The summed E-state index contributed by atoms with van der Waals surface area (Å²) in [5, 5.41) is 6.97. The fourth-order valence-corrected chi connectivity index (χ4v) is 11.6. The zero-order valence-corrected chi connectivity index (χ0v) is 59.1. The van der Waals surface area contributed by atoms with Gasteiger partial charge in [-0.2, -0.15) is 0 Å². The summed E-state index contributed by atoms with van der Waals surface area (Å²) in [5.74, 6) is 5.82. The molecule has 0 spiro atoms. The first kappa shape index (κ1) is 73.9. The number of halogens is 4. The van der Waals surface area contributed by atoms with Crippen molar-refractivity contribution in [1.82, 2.24) is 10.6 Å². The van der Waals surface area contributed by atoms with Crippen LogP contribution < -0.4 is 67.5 Å². The van der Waals surface area contributed by atoms with Crippen LogP contribution in [-0.4, -0.2) is 89.8 Å². The predicted octanol–water partition coefficient (Wildman–Crippen LogP) is 17.1. The van der Waals surface area contributed by atoms with Crippen molar-refractivity contribution in [2.75, 3.05) is 83.6 Å². The topological polar surface area (TPSA) is 147 Å². The molecule has 100 heavy (non-hydrogen) atoms. The van der Waals surface area contributed by atoms with E-state index in [-0.39, 0.29) is 29.5 Å². The minimum atomic E-state index is -0.373. The van der Waals surface area contributed by atoms with E-state index >= 15 is 0 Å². The number of rotatable bonds is 23. The molecule has 0 aromatic heterocycles. The van der Waals surface area contributed by atoms with Crippen molar-refractivity contribution < 1.29 is 70.0 Å². The summed E-state index contributed by atoms with van der Waals surface area (Å²) >= 11 is 3.08. The van der Waals surface area contributed by atoms with Crippen molar-refractivity contribution in [3.8, 4) is 69.0 Å². The maximum absolute atomic E-state index is 14.6. The third-order valence-electron chi connectivity index (χ3n) is 16.6. The van der Waals surface area contributed by atoms with E-state index in [9.17, 15) is 13.2 Å². The monoisotopic (exact) mass is 1430 g/mol. The molecule has 0 fully saturated rings. The number of ether oxygens (including phenoxy) is 12. The molecule has 9 aromatic rings. The molecule has 3 heterocycles. The number of fused-ring (bicyclic) bond motifs is 3. The van der Waals surface area contributed by atoms with E-state index in [1.54, 1.807) is 62.7 Å². The Kier molecular flexibility index (Phi) is 27.8. The Labute approximate surface area is 591 Å². The van der Waals surface area contributed by atoms with E-state index in [2.05, 4.69) is 61.9 Å². The summed E-state index contributed by atoms with van der Waals surface area (Å²) in [6, 6.07) is 51.0. The molecule has 3 aliphatic heterocycles. The summed E-state index contributed by atoms with van der Waals surface area (Å²) in [7, 11) is 14.0. The molecule has 2 atom stereocenters. The Bertz CT molecular complexity index is 4090. The molecule has 0 amide bonds. The van der Waals surface area contributed by atoms with Crippen LogP contribution in [0.5, 0.6) is 69.0 Å². The van der Waals surface area contributed by atoms with Gasteiger partial charge in [0.1, 0.15) is 37.3 Å². The molecule has 0 saturated heterocycles. The highest BCUT2D eigenvalue weighted by Gasteiger charge is 2.24. The average molecular weight is 1430 g/mol. The van der Waals surface area contributed by atoms with Gasteiger partial charge in [-0.15, -0.1) is 0 Å². The summed E-state index contributed by atoms with van der Waals surface area (Å²) in [6.07, 6.45) is 13.6. The van der Waals surface area contributed by atoms with Crippen molar-refractivity contribution in [3.63, 3.8) is 0 Å². The summed E-state index contributed by atoms with van der Waals surface area (Å²) in [5.41, 5.74) is 11.6. The van der Waals surface area contributed by atoms with Crippen LogP contribution in [0.1, 0.15) is 78.8 Å². The predicted molar refractivity (Wildman–Crippen MR) is 391 cm³/mol. The average Bonchev–Trinajstić information content (AvgIpc) is 0.805. The molecule has 0 bridgehead atoms. The molecule has 3 aliphatic rings. The van der Waals surface area contributed by atoms with Gasteiger partial charge >= 0.3 is 0 Å². The van der Waals surface area contributed by atoms with Crippen molar-refractivity contribution in [2.45, 2.75) is 51.2 Å². The molecule has 0 radical (unpaired) electrons. The third kappa shape index (κ3) is 19.7. The minimum absolute atomic E-state index is 0.0849. The van der Waals surface area contributed by atoms with Crippen LogP contribution in [0.15, 0.2) is 186 Å². The summed E-state index contributed by atoms with van der Waals surface area (Å²) < 4.78 is 108. The molecule has 12 rings (SSSR count). The molecule has 0 aliphatic carbocycles. The van der Waals surface area contributed by atoms with Crippen LogP contribution in [0.3, 0.4) is 0 Å². The lowest BCUT2D eigenvalue weighted by Crippen LogP contribution is -2.28.